The number of H-pyrrole nitrogens is 1. The molecule has 1 aromatic carbocycles. The van der Waals surface area contributed by atoms with Gasteiger partial charge >= 0.3 is 5.69 Å². The van der Waals surface area contributed by atoms with Crippen LogP contribution in [0.15, 0.2) is 27.8 Å². The number of nitrogens with one attached hydrogen (secondary N) is 2. The molecule has 2 heterocycles. The molecule has 9 heteroatoms. The molecule has 0 radical (unpaired) electrons. The molecule has 9 nitrogen and oxygen atoms in total. The van der Waals surface area contributed by atoms with Crippen LogP contribution in [0.1, 0.15) is 18.1 Å². The Kier molecular flexibility index (Phi) is 5.55. The Hall–Kier alpha value is -3.07. The largest absolute Gasteiger partial charge is 0.491 e. The number of ether oxygens (including phenoxy) is 1. The standard InChI is InChI=1S/C19H25N5O4/c1-5-20-18-21-16-15(17(26)22-19(27)23(16)4)24(18)9-13(25)10-28-14-7-6-11(2)12(3)8-14/h6-8,13,25H,5,9-10H2,1-4H3,(H,20,21)(H,22,26,27)/t13-/m1/s1. The van der Waals surface area contributed by atoms with Gasteiger partial charge in [0.15, 0.2) is 11.2 Å². The fourth-order valence-corrected chi connectivity index (χ4v) is 2.96. The zero-order valence-electron chi connectivity index (χ0n) is 16.4. The summed E-state index contributed by atoms with van der Waals surface area (Å²) in [5, 5.41) is 13.6. The molecule has 150 valence electrons. The SMILES string of the molecule is CCNc1nc2c(c(=O)[nH]c(=O)n2C)n1C[C@@H](O)COc1ccc(C)c(C)c1. The van der Waals surface area contributed by atoms with Gasteiger partial charge in [0, 0.05) is 13.6 Å². The lowest BCUT2D eigenvalue weighted by Crippen LogP contribution is -2.31. The summed E-state index contributed by atoms with van der Waals surface area (Å²) in [6.07, 6.45) is -0.881. The third kappa shape index (κ3) is 3.79. The van der Waals surface area contributed by atoms with E-state index in [4.69, 9.17) is 4.74 Å². The van der Waals surface area contributed by atoms with Crippen LogP contribution in [0.4, 0.5) is 5.95 Å². The minimum atomic E-state index is -0.881. The lowest BCUT2D eigenvalue weighted by Gasteiger charge is -2.16. The van der Waals surface area contributed by atoms with Crippen LogP contribution in [-0.2, 0) is 13.6 Å². The quantitative estimate of drug-likeness (QED) is 0.555. The maximum atomic E-state index is 12.4. The van der Waals surface area contributed by atoms with E-state index in [9.17, 15) is 14.7 Å². The first-order valence-electron chi connectivity index (χ1n) is 9.13. The van der Waals surface area contributed by atoms with E-state index in [-0.39, 0.29) is 24.3 Å². The first kappa shape index (κ1) is 19.7. The number of aromatic amines is 1. The highest BCUT2D eigenvalue weighted by Gasteiger charge is 2.19. The number of benzene rings is 1. The fourth-order valence-electron chi connectivity index (χ4n) is 2.96. The summed E-state index contributed by atoms with van der Waals surface area (Å²) in [7, 11) is 1.53. The minimum absolute atomic E-state index is 0.0530. The van der Waals surface area contributed by atoms with Crippen molar-refractivity contribution in [3.63, 3.8) is 0 Å². The average molecular weight is 387 g/mol. The Bertz CT molecular complexity index is 1110. The smallest absolute Gasteiger partial charge is 0.329 e. The van der Waals surface area contributed by atoms with Crippen molar-refractivity contribution in [3.05, 3.63) is 50.2 Å². The fraction of sp³-hybridized carbons (Fsp3) is 0.421. The normalized spacial score (nSPS) is 12.3. The summed E-state index contributed by atoms with van der Waals surface area (Å²) in [5.74, 6) is 1.08. The molecule has 0 aliphatic rings. The van der Waals surface area contributed by atoms with Crippen LogP contribution in [0.2, 0.25) is 0 Å². The Morgan fingerprint density at radius 2 is 2.04 bits per heavy atom. The summed E-state index contributed by atoms with van der Waals surface area (Å²) in [6.45, 7) is 6.62. The topological polar surface area (TPSA) is 114 Å². The van der Waals surface area contributed by atoms with Gasteiger partial charge in [0.05, 0.1) is 6.54 Å². The van der Waals surface area contributed by atoms with E-state index in [0.717, 1.165) is 11.1 Å². The van der Waals surface area contributed by atoms with Crippen molar-refractivity contribution in [2.45, 2.75) is 33.4 Å². The Morgan fingerprint density at radius 1 is 1.29 bits per heavy atom. The molecule has 1 atom stereocenters. The molecular formula is C19H25N5O4. The van der Waals surface area contributed by atoms with Gasteiger partial charge in [-0.2, -0.15) is 4.98 Å². The van der Waals surface area contributed by atoms with Crippen molar-refractivity contribution in [2.75, 3.05) is 18.5 Å². The molecule has 0 saturated heterocycles. The third-order valence-corrected chi connectivity index (χ3v) is 4.66. The summed E-state index contributed by atoms with van der Waals surface area (Å²) >= 11 is 0. The number of aryl methyl sites for hydroxylation is 3. The van der Waals surface area contributed by atoms with Crippen LogP contribution in [0.3, 0.4) is 0 Å². The van der Waals surface area contributed by atoms with Crippen LogP contribution >= 0.6 is 0 Å². The molecule has 0 fully saturated rings. The molecule has 3 aromatic rings. The van der Waals surface area contributed by atoms with Crippen LogP contribution in [0.5, 0.6) is 5.75 Å². The summed E-state index contributed by atoms with van der Waals surface area (Å²) in [4.78, 5) is 30.8. The number of aromatic nitrogens is 4. The number of fused-ring (bicyclic) bond motifs is 1. The van der Waals surface area contributed by atoms with Crippen molar-refractivity contribution in [1.29, 1.82) is 0 Å². The maximum absolute atomic E-state index is 12.4. The second kappa shape index (κ2) is 7.89. The molecule has 2 aromatic heterocycles. The van der Waals surface area contributed by atoms with Gasteiger partial charge in [0.25, 0.3) is 5.56 Å². The molecule has 28 heavy (non-hydrogen) atoms. The molecule has 0 unspecified atom stereocenters. The van der Waals surface area contributed by atoms with Crippen molar-refractivity contribution in [2.24, 2.45) is 7.05 Å². The number of hydrogen-bond donors (Lipinski definition) is 3. The van der Waals surface area contributed by atoms with Crippen molar-refractivity contribution in [1.82, 2.24) is 19.1 Å². The van der Waals surface area contributed by atoms with Gasteiger partial charge in [-0.25, -0.2) is 4.79 Å². The first-order chi connectivity index (χ1) is 13.3. The minimum Gasteiger partial charge on any atom is -0.491 e. The highest BCUT2D eigenvalue weighted by molar-refractivity contribution is 5.74. The predicted molar refractivity (Wildman–Crippen MR) is 107 cm³/mol. The highest BCUT2D eigenvalue weighted by atomic mass is 16.5. The zero-order valence-corrected chi connectivity index (χ0v) is 16.4. The van der Waals surface area contributed by atoms with Gasteiger partial charge in [-0.3, -0.25) is 14.3 Å². The van der Waals surface area contributed by atoms with Crippen molar-refractivity contribution < 1.29 is 9.84 Å². The Morgan fingerprint density at radius 3 is 2.71 bits per heavy atom. The second-order valence-corrected chi connectivity index (χ2v) is 6.78. The van der Waals surface area contributed by atoms with E-state index >= 15 is 0 Å². The second-order valence-electron chi connectivity index (χ2n) is 6.78. The number of imidazole rings is 1. The van der Waals surface area contributed by atoms with E-state index in [0.29, 0.717) is 18.2 Å². The summed E-state index contributed by atoms with van der Waals surface area (Å²) in [5.41, 5.74) is 1.67. The number of rotatable bonds is 7. The van der Waals surface area contributed by atoms with E-state index in [1.807, 2.05) is 39.0 Å². The van der Waals surface area contributed by atoms with Gasteiger partial charge in [0.2, 0.25) is 5.95 Å². The van der Waals surface area contributed by atoms with E-state index in [1.165, 1.54) is 11.6 Å². The molecule has 0 spiro atoms. The zero-order chi connectivity index (χ0) is 20.4. The molecule has 3 N–H and O–H groups in total. The summed E-state index contributed by atoms with van der Waals surface area (Å²) < 4.78 is 8.54. The van der Waals surface area contributed by atoms with E-state index < -0.39 is 17.4 Å². The number of aliphatic hydroxyl groups is 1. The lowest BCUT2D eigenvalue weighted by molar-refractivity contribution is 0.0938. The van der Waals surface area contributed by atoms with Gasteiger partial charge in [-0.1, -0.05) is 6.07 Å². The Balaban J connectivity index is 1.86. The van der Waals surface area contributed by atoms with E-state index in [1.54, 1.807) is 4.57 Å². The highest BCUT2D eigenvalue weighted by Crippen LogP contribution is 2.18. The molecule has 0 aliphatic heterocycles. The van der Waals surface area contributed by atoms with Gasteiger partial charge in [0.1, 0.15) is 18.5 Å². The number of aliphatic hydroxyl groups excluding tert-OH is 1. The first-order valence-corrected chi connectivity index (χ1v) is 9.13. The number of nitrogens with zero attached hydrogens (tertiary/aromatic N) is 3. The van der Waals surface area contributed by atoms with E-state index in [2.05, 4.69) is 15.3 Å². The van der Waals surface area contributed by atoms with Crippen LogP contribution in [0, 0.1) is 13.8 Å². The molecular weight excluding hydrogens is 362 g/mol. The van der Waals surface area contributed by atoms with Gasteiger partial charge < -0.3 is 19.7 Å². The third-order valence-electron chi connectivity index (χ3n) is 4.66. The van der Waals surface area contributed by atoms with Crippen LogP contribution in [-0.4, -0.2) is 43.5 Å². The maximum Gasteiger partial charge on any atom is 0.329 e. The van der Waals surface area contributed by atoms with Gasteiger partial charge in [-0.15, -0.1) is 0 Å². The Labute approximate surface area is 161 Å². The van der Waals surface area contributed by atoms with Crippen molar-refractivity contribution >= 4 is 17.1 Å². The van der Waals surface area contributed by atoms with Crippen LogP contribution in [0.25, 0.3) is 11.2 Å². The molecule has 0 amide bonds. The predicted octanol–water partition coefficient (Wildman–Crippen LogP) is 0.912. The molecule has 0 aliphatic carbocycles. The number of hydrogen-bond acceptors (Lipinski definition) is 6. The monoisotopic (exact) mass is 387 g/mol. The molecule has 0 saturated carbocycles. The lowest BCUT2D eigenvalue weighted by atomic mass is 10.1. The summed E-state index contributed by atoms with van der Waals surface area (Å²) in [6, 6.07) is 5.73. The average Bonchev–Trinajstić information content (AvgIpc) is 3.00. The van der Waals surface area contributed by atoms with Crippen molar-refractivity contribution in [3.8, 4) is 5.75 Å². The van der Waals surface area contributed by atoms with Crippen LogP contribution < -0.4 is 21.3 Å². The van der Waals surface area contributed by atoms with Gasteiger partial charge in [-0.05, 0) is 44.0 Å². The number of anilines is 1. The molecule has 0 bridgehead atoms. The molecule has 3 rings (SSSR count).